The van der Waals surface area contributed by atoms with E-state index < -0.39 is 22.0 Å². The second-order valence-electron chi connectivity index (χ2n) is 10.3. The van der Waals surface area contributed by atoms with E-state index in [-0.39, 0.29) is 38.1 Å². The Morgan fingerprint density at radius 3 is 1.83 bits per heavy atom. The minimum absolute atomic E-state index is 0.0516. The van der Waals surface area contributed by atoms with Crippen molar-refractivity contribution < 1.29 is 22.7 Å². The van der Waals surface area contributed by atoms with E-state index in [1.165, 1.54) is 4.90 Å². The van der Waals surface area contributed by atoms with Gasteiger partial charge in [-0.25, -0.2) is 8.42 Å². The van der Waals surface area contributed by atoms with Crippen molar-refractivity contribution in [3.05, 3.63) is 108 Å². The van der Waals surface area contributed by atoms with E-state index in [1.54, 1.807) is 0 Å². The van der Waals surface area contributed by atoms with Crippen molar-refractivity contribution in [1.29, 1.82) is 0 Å². The highest BCUT2D eigenvalue weighted by atomic mass is 32.2. The van der Waals surface area contributed by atoms with Gasteiger partial charge in [-0.15, -0.1) is 0 Å². The fourth-order valence-corrected chi connectivity index (χ4v) is 5.10. The zero-order valence-electron chi connectivity index (χ0n) is 24.1. The third kappa shape index (κ3) is 11.1. The molecular formula is C32H41N3O5S. The normalized spacial score (nSPS) is 12.3. The van der Waals surface area contributed by atoms with Gasteiger partial charge in [0.15, 0.2) is 0 Å². The van der Waals surface area contributed by atoms with Gasteiger partial charge in [-0.3, -0.25) is 9.59 Å². The number of carbonyl (C=O) groups is 2. The molecule has 0 aliphatic heterocycles. The van der Waals surface area contributed by atoms with Gasteiger partial charge < -0.3 is 15.0 Å². The van der Waals surface area contributed by atoms with Crippen LogP contribution in [0.1, 0.15) is 37.0 Å². The summed E-state index contributed by atoms with van der Waals surface area (Å²) in [6.45, 7) is 4.64. The molecule has 1 atom stereocenters. The molecule has 3 rings (SSSR count). The number of hydrogen-bond donors (Lipinski definition) is 1. The number of nitrogens with zero attached hydrogens (tertiary/aromatic N) is 2. The zero-order chi connectivity index (χ0) is 29.7. The number of hydrogen-bond acceptors (Lipinski definition) is 5. The van der Waals surface area contributed by atoms with E-state index in [0.717, 1.165) is 27.3 Å². The number of ether oxygens (including phenoxy) is 1. The summed E-state index contributed by atoms with van der Waals surface area (Å²) in [6.07, 6.45) is 2.11. The van der Waals surface area contributed by atoms with Gasteiger partial charge in [0.2, 0.25) is 21.8 Å². The first-order valence-electron chi connectivity index (χ1n) is 13.9. The van der Waals surface area contributed by atoms with Gasteiger partial charge in [0.1, 0.15) is 6.04 Å². The van der Waals surface area contributed by atoms with Crippen molar-refractivity contribution in [2.24, 2.45) is 0 Å². The molecule has 0 aromatic heterocycles. The maximum atomic E-state index is 14.0. The molecular weight excluding hydrogens is 538 g/mol. The lowest BCUT2D eigenvalue weighted by molar-refractivity contribution is -0.141. The van der Waals surface area contributed by atoms with Gasteiger partial charge in [-0.05, 0) is 37.0 Å². The minimum Gasteiger partial charge on any atom is -0.379 e. The summed E-state index contributed by atoms with van der Waals surface area (Å²) >= 11 is 0. The van der Waals surface area contributed by atoms with Crippen LogP contribution in [-0.4, -0.2) is 67.5 Å². The average molecular weight is 580 g/mol. The fourth-order valence-electron chi connectivity index (χ4n) is 4.37. The smallest absolute Gasteiger partial charge is 0.243 e. The quantitative estimate of drug-likeness (QED) is 0.259. The molecule has 3 aromatic carbocycles. The number of benzene rings is 3. The predicted octanol–water partition coefficient (Wildman–Crippen LogP) is 4.02. The molecule has 0 radical (unpaired) electrons. The van der Waals surface area contributed by atoms with Gasteiger partial charge >= 0.3 is 0 Å². The largest absolute Gasteiger partial charge is 0.379 e. The van der Waals surface area contributed by atoms with Crippen LogP contribution >= 0.6 is 0 Å². The highest BCUT2D eigenvalue weighted by Crippen LogP contribution is 2.17. The Labute approximate surface area is 244 Å². The predicted molar refractivity (Wildman–Crippen MR) is 161 cm³/mol. The van der Waals surface area contributed by atoms with E-state index >= 15 is 0 Å². The van der Waals surface area contributed by atoms with Crippen molar-refractivity contribution >= 4 is 21.8 Å². The Hall–Kier alpha value is -3.53. The summed E-state index contributed by atoms with van der Waals surface area (Å²) in [5.41, 5.74) is 2.50. The van der Waals surface area contributed by atoms with Crippen LogP contribution in [0, 0.1) is 0 Å². The molecule has 8 nitrogen and oxygen atoms in total. The van der Waals surface area contributed by atoms with Crippen LogP contribution in [0.3, 0.4) is 0 Å². The van der Waals surface area contributed by atoms with Gasteiger partial charge in [-0.2, -0.15) is 4.31 Å². The van der Waals surface area contributed by atoms with Crippen molar-refractivity contribution in [2.45, 2.75) is 51.9 Å². The summed E-state index contributed by atoms with van der Waals surface area (Å²) in [6, 6.07) is 27.2. The molecule has 3 aromatic rings. The van der Waals surface area contributed by atoms with Gasteiger partial charge in [0.25, 0.3) is 0 Å². The van der Waals surface area contributed by atoms with E-state index in [1.807, 2.05) is 105 Å². The molecule has 220 valence electrons. The molecule has 1 N–H and O–H groups in total. The molecule has 0 aliphatic rings. The maximum absolute atomic E-state index is 14.0. The number of sulfonamides is 1. The monoisotopic (exact) mass is 579 g/mol. The van der Waals surface area contributed by atoms with Crippen molar-refractivity contribution in [2.75, 3.05) is 26.0 Å². The first-order valence-corrected chi connectivity index (χ1v) is 15.7. The zero-order valence-corrected chi connectivity index (χ0v) is 24.9. The Morgan fingerprint density at radius 2 is 1.32 bits per heavy atom. The van der Waals surface area contributed by atoms with Crippen LogP contribution in [0.25, 0.3) is 0 Å². The molecule has 2 amide bonds. The van der Waals surface area contributed by atoms with Crippen LogP contribution in [0.15, 0.2) is 91.0 Å². The van der Waals surface area contributed by atoms with Crippen molar-refractivity contribution in [3.8, 4) is 0 Å². The molecule has 0 saturated heterocycles. The summed E-state index contributed by atoms with van der Waals surface area (Å²) in [5, 5.41) is 2.98. The van der Waals surface area contributed by atoms with E-state index in [4.69, 9.17) is 4.74 Å². The lowest BCUT2D eigenvalue weighted by Crippen LogP contribution is -2.53. The highest BCUT2D eigenvalue weighted by molar-refractivity contribution is 7.88. The Bertz CT molecular complexity index is 1320. The molecule has 0 fully saturated rings. The number of rotatable bonds is 16. The first-order chi connectivity index (χ1) is 19.6. The topological polar surface area (TPSA) is 96.0 Å². The van der Waals surface area contributed by atoms with Gasteiger partial charge in [0, 0.05) is 32.7 Å². The molecule has 0 unspecified atom stereocenters. The minimum atomic E-state index is -3.73. The lowest BCUT2D eigenvalue weighted by Gasteiger charge is -2.33. The molecule has 41 heavy (non-hydrogen) atoms. The third-order valence-electron chi connectivity index (χ3n) is 6.52. The number of carbonyl (C=O) groups excluding carboxylic acids is 2. The second-order valence-corrected chi connectivity index (χ2v) is 12.3. The van der Waals surface area contributed by atoms with E-state index in [9.17, 15) is 18.0 Å². The van der Waals surface area contributed by atoms with Crippen LogP contribution in [0.5, 0.6) is 0 Å². The molecule has 9 heteroatoms. The maximum Gasteiger partial charge on any atom is 0.243 e. The average Bonchev–Trinajstić information content (AvgIpc) is 2.95. The van der Waals surface area contributed by atoms with E-state index in [2.05, 4.69) is 5.32 Å². The summed E-state index contributed by atoms with van der Waals surface area (Å²) < 4.78 is 32.3. The highest BCUT2D eigenvalue weighted by Gasteiger charge is 2.32. The molecule has 0 spiro atoms. The van der Waals surface area contributed by atoms with Crippen molar-refractivity contribution in [3.63, 3.8) is 0 Å². The number of nitrogens with one attached hydrogen (secondary N) is 1. The van der Waals surface area contributed by atoms with Crippen molar-refractivity contribution in [1.82, 2.24) is 14.5 Å². The van der Waals surface area contributed by atoms with Crippen LogP contribution < -0.4 is 5.32 Å². The first kappa shape index (κ1) is 32.0. The fraction of sp³-hybridized carbons (Fsp3) is 0.375. The van der Waals surface area contributed by atoms with Gasteiger partial charge in [-0.1, -0.05) is 91.0 Å². The van der Waals surface area contributed by atoms with Crippen LogP contribution in [0.4, 0.5) is 0 Å². The number of amides is 2. The summed E-state index contributed by atoms with van der Waals surface area (Å²) in [7, 11) is -3.73. The summed E-state index contributed by atoms with van der Waals surface area (Å²) in [5.74, 6) is -0.744. The third-order valence-corrected chi connectivity index (χ3v) is 7.72. The Kier molecular flexibility index (Phi) is 12.5. The summed E-state index contributed by atoms with van der Waals surface area (Å²) in [4.78, 5) is 29.2. The SMILES string of the molecule is CC(C)OCCCNC(=O)[C@@H](Cc1ccccc1)N(Cc1ccccc1)C(=O)CN(Cc1ccccc1)S(C)(=O)=O. The van der Waals surface area contributed by atoms with Crippen LogP contribution in [0.2, 0.25) is 0 Å². The Balaban J connectivity index is 1.90. The molecule has 0 heterocycles. The molecule has 0 bridgehead atoms. The molecule has 0 aliphatic carbocycles. The molecule has 0 saturated carbocycles. The van der Waals surface area contributed by atoms with Gasteiger partial charge in [0.05, 0.1) is 18.9 Å². The van der Waals surface area contributed by atoms with Crippen LogP contribution in [-0.2, 0) is 43.9 Å². The lowest BCUT2D eigenvalue weighted by atomic mass is 10.0. The standard InChI is InChI=1S/C32H41N3O5S/c1-26(2)40-21-13-20-33-32(37)30(22-27-14-7-4-8-15-27)35(24-29-18-11-6-12-19-29)31(36)25-34(41(3,38)39)23-28-16-9-5-10-17-28/h4-12,14-19,26,30H,13,20-25H2,1-3H3,(H,33,37)/t30-/m1/s1. The Morgan fingerprint density at radius 1 is 0.805 bits per heavy atom. The second kappa shape index (κ2) is 16.0. The van der Waals surface area contributed by atoms with E-state index in [0.29, 0.717) is 19.6 Å².